The molecule has 0 aliphatic heterocycles. The Morgan fingerprint density at radius 1 is 1.50 bits per heavy atom. The van der Waals surface area contributed by atoms with Gasteiger partial charge in [-0.3, -0.25) is 4.79 Å². The Kier molecular flexibility index (Phi) is 5.77. The fraction of sp³-hybridized carbons (Fsp3) is 0.917. The third-order valence-corrected chi connectivity index (χ3v) is 2.91. The molecule has 1 fully saturated rings. The molecule has 1 saturated carbocycles. The molecule has 94 valence electrons. The summed E-state index contributed by atoms with van der Waals surface area (Å²) < 4.78 is 0. The van der Waals surface area contributed by atoms with E-state index >= 15 is 0 Å². The van der Waals surface area contributed by atoms with Gasteiger partial charge in [-0.25, -0.2) is 0 Å². The van der Waals surface area contributed by atoms with Crippen LogP contribution in [-0.4, -0.2) is 48.2 Å². The number of rotatable bonds is 8. The number of nitrogens with zero attached hydrogens (tertiary/aromatic N) is 1. The van der Waals surface area contributed by atoms with Crippen molar-refractivity contribution in [2.24, 2.45) is 5.92 Å². The van der Waals surface area contributed by atoms with E-state index in [-0.39, 0.29) is 18.6 Å². The Morgan fingerprint density at radius 3 is 2.69 bits per heavy atom. The molecule has 0 heterocycles. The van der Waals surface area contributed by atoms with Crippen LogP contribution in [0, 0.1) is 5.92 Å². The molecule has 16 heavy (non-hydrogen) atoms. The first kappa shape index (κ1) is 13.5. The molecule has 4 heteroatoms. The van der Waals surface area contributed by atoms with Gasteiger partial charge >= 0.3 is 0 Å². The lowest BCUT2D eigenvalue weighted by atomic mass is 10.2. The lowest BCUT2D eigenvalue weighted by Gasteiger charge is -2.26. The molecule has 1 aliphatic rings. The first-order valence-electron chi connectivity index (χ1n) is 6.26. The van der Waals surface area contributed by atoms with Crippen molar-refractivity contribution in [3.8, 4) is 0 Å². The first-order valence-corrected chi connectivity index (χ1v) is 6.26. The van der Waals surface area contributed by atoms with Gasteiger partial charge in [-0.1, -0.05) is 0 Å². The number of carbonyl (C=O) groups excluding carboxylic acids is 1. The Hall–Kier alpha value is -0.610. The lowest BCUT2D eigenvalue weighted by Crippen LogP contribution is -2.43. The summed E-state index contributed by atoms with van der Waals surface area (Å²) in [4.78, 5) is 13.7. The topological polar surface area (TPSA) is 52.6 Å². The fourth-order valence-electron chi connectivity index (χ4n) is 1.72. The summed E-state index contributed by atoms with van der Waals surface area (Å²) in [5.74, 6) is 0.946. The van der Waals surface area contributed by atoms with Crippen molar-refractivity contribution in [1.29, 1.82) is 0 Å². The van der Waals surface area contributed by atoms with E-state index in [9.17, 15) is 4.79 Å². The minimum atomic E-state index is 0.143. The highest BCUT2D eigenvalue weighted by atomic mass is 16.3. The third kappa shape index (κ3) is 4.94. The molecular weight excluding hydrogens is 204 g/mol. The normalized spacial score (nSPS) is 15.5. The van der Waals surface area contributed by atoms with Crippen LogP contribution in [0.2, 0.25) is 0 Å². The molecule has 1 rings (SSSR count). The summed E-state index contributed by atoms with van der Waals surface area (Å²) in [5, 5.41) is 12.0. The number of carbonyl (C=O) groups is 1. The largest absolute Gasteiger partial charge is 0.396 e. The van der Waals surface area contributed by atoms with Crippen LogP contribution >= 0.6 is 0 Å². The second-order valence-electron chi connectivity index (χ2n) is 4.83. The van der Waals surface area contributed by atoms with E-state index < -0.39 is 0 Å². The van der Waals surface area contributed by atoms with E-state index in [1.165, 1.54) is 12.8 Å². The third-order valence-electron chi connectivity index (χ3n) is 2.91. The zero-order valence-corrected chi connectivity index (χ0v) is 10.4. The Balaban J connectivity index is 2.21. The quantitative estimate of drug-likeness (QED) is 0.640. The molecule has 0 bridgehead atoms. The Morgan fingerprint density at radius 2 is 2.19 bits per heavy atom. The van der Waals surface area contributed by atoms with Gasteiger partial charge in [0.1, 0.15) is 0 Å². The average molecular weight is 228 g/mol. The maximum absolute atomic E-state index is 11.9. The zero-order valence-electron chi connectivity index (χ0n) is 10.4. The van der Waals surface area contributed by atoms with Crippen molar-refractivity contribution < 1.29 is 9.90 Å². The van der Waals surface area contributed by atoms with Gasteiger partial charge in [-0.2, -0.15) is 0 Å². The maximum Gasteiger partial charge on any atom is 0.236 e. The predicted octanol–water partition coefficient (Wildman–Crippen LogP) is 0.605. The highest BCUT2D eigenvalue weighted by molar-refractivity contribution is 5.78. The van der Waals surface area contributed by atoms with E-state index in [2.05, 4.69) is 5.32 Å². The molecule has 0 aromatic rings. The van der Waals surface area contributed by atoms with Gasteiger partial charge in [0.05, 0.1) is 6.54 Å². The van der Waals surface area contributed by atoms with E-state index in [0.29, 0.717) is 19.5 Å². The van der Waals surface area contributed by atoms with Crippen molar-refractivity contribution in [1.82, 2.24) is 10.2 Å². The van der Waals surface area contributed by atoms with E-state index in [4.69, 9.17) is 5.11 Å². The standard InChI is InChI=1S/C12H24N2O2/c1-10(2)14(6-3-7-15)12(16)9-13-8-11-4-5-11/h10-11,13,15H,3-9H2,1-2H3. The van der Waals surface area contributed by atoms with E-state index in [1.54, 1.807) is 0 Å². The van der Waals surface area contributed by atoms with Crippen LogP contribution in [0.1, 0.15) is 33.1 Å². The highest BCUT2D eigenvalue weighted by Crippen LogP contribution is 2.27. The number of hydrogen-bond acceptors (Lipinski definition) is 3. The number of hydrogen-bond donors (Lipinski definition) is 2. The van der Waals surface area contributed by atoms with Gasteiger partial charge in [0.15, 0.2) is 0 Å². The minimum Gasteiger partial charge on any atom is -0.396 e. The summed E-state index contributed by atoms with van der Waals surface area (Å²) in [6, 6.07) is 0.210. The Labute approximate surface area is 98.0 Å². The van der Waals surface area contributed by atoms with Crippen LogP contribution in [0.5, 0.6) is 0 Å². The van der Waals surface area contributed by atoms with Crippen LogP contribution in [0.4, 0.5) is 0 Å². The first-order chi connectivity index (χ1) is 7.65. The molecule has 1 aliphatic carbocycles. The van der Waals surface area contributed by atoms with Crippen molar-refractivity contribution >= 4 is 5.91 Å². The van der Waals surface area contributed by atoms with Crippen LogP contribution in [0.25, 0.3) is 0 Å². The van der Waals surface area contributed by atoms with E-state index in [1.807, 2.05) is 18.7 Å². The zero-order chi connectivity index (χ0) is 12.0. The Bertz CT molecular complexity index is 215. The molecule has 0 saturated heterocycles. The molecule has 0 aromatic carbocycles. The molecule has 0 atom stereocenters. The van der Waals surface area contributed by atoms with Crippen molar-refractivity contribution in [2.45, 2.75) is 39.2 Å². The maximum atomic E-state index is 11.9. The van der Waals surface area contributed by atoms with Crippen molar-refractivity contribution in [2.75, 3.05) is 26.2 Å². The van der Waals surface area contributed by atoms with Crippen LogP contribution < -0.4 is 5.32 Å². The summed E-state index contributed by atoms with van der Waals surface area (Å²) in [5.41, 5.74) is 0. The SMILES string of the molecule is CC(C)N(CCCO)C(=O)CNCC1CC1. The molecule has 0 aromatic heterocycles. The van der Waals surface area contributed by atoms with Crippen molar-refractivity contribution in [3.05, 3.63) is 0 Å². The van der Waals surface area contributed by atoms with Gasteiger partial charge in [0.25, 0.3) is 0 Å². The predicted molar refractivity (Wildman–Crippen MR) is 64.1 cm³/mol. The second kappa shape index (κ2) is 6.86. The van der Waals surface area contributed by atoms with E-state index in [0.717, 1.165) is 12.5 Å². The molecule has 2 N–H and O–H groups in total. The van der Waals surface area contributed by atoms with Gasteiger partial charge in [-0.05, 0) is 45.6 Å². The van der Waals surface area contributed by atoms with Gasteiger partial charge in [0, 0.05) is 19.2 Å². The molecule has 0 radical (unpaired) electrons. The minimum absolute atomic E-state index is 0.143. The average Bonchev–Trinajstić information content (AvgIpc) is 3.02. The fourth-order valence-corrected chi connectivity index (χ4v) is 1.72. The molecular formula is C12H24N2O2. The second-order valence-corrected chi connectivity index (χ2v) is 4.83. The molecule has 1 amide bonds. The highest BCUT2D eigenvalue weighted by Gasteiger charge is 2.21. The lowest BCUT2D eigenvalue weighted by molar-refractivity contribution is -0.132. The van der Waals surface area contributed by atoms with Gasteiger partial charge in [-0.15, -0.1) is 0 Å². The number of aliphatic hydroxyl groups is 1. The summed E-state index contributed by atoms with van der Waals surface area (Å²) >= 11 is 0. The smallest absolute Gasteiger partial charge is 0.236 e. The number of amides is 1. The van der Waals surface area contributed by atoms with Crippen LogP contribution in [-0.2, 0) is 4.79 Å². The van der Waals surface area contributed by atoms with Gasteiger partial charge < -0.3 is 15.3 Å². The van der Waals surface area contributed by atoms with Crippen LogP contribution in [0.3, 0.4) is 0 Å². The summed E-state index contributed by atoms with van der Waals surface area (Å²) in [6.07, 6.45) is 3.27. The number of aliphatic hydroxyl groups excluding tert-OH is 1. The van der Waals surface area contributed by atoms with Crippen molar-refractivity contribution in [3.63, 3.8) is 0 Å². The monoisotopic (exact) mass is 228 g/mol. The molecule has 0 unspecified atom stereocenters. The molecule has 4 nitrogen and oxygen atoms in total. The summed E-state index contributed by atoms with van der Waals surface area (Å²) in [6.45, 7) is 6.22. The summed E-state index contributed by atoms with van der Waals surface area (Å²) in [7, 11) is 0. The molecule has 0 spiro atoms. The van der Waals surface area contributed by atoms with Crippen LogP contribution in [0.15, 0.2) is 0 Å². The van der Waals surface area contributed by atoms with Gasteiger partial charge in [0.2, 0.25) is 5.91 Å². The number of nitrogens with one attached hydrogen (secondary N) is 1.